The first kappa shape index (κ1) is 17.1. The van der Waals surface area contributed by atoms with Gasteiger partial charge in [-0.2, -0.15) is 0 Å². The normalized spacial score (nSPS) is 19.7. The number of esters is 1. The molecule has 0 spiro atoms. The number of amides is 2. The average Bonchev–Trinajstić information content (AvgIpc) is 2.42. The minimum atomic E-state index is -0.857. The molecule has 2 atom stereocenters. The fourth-order valence-corrected chi connectivity index (χ4v) is 2.46. The molecule has 1 saturated carbocycles. The van der Waals surface area contributed by atoms with Crippen LogP contribution in [0.25, 0.3) is 0 Å². The third-order valence-corrected chi connectivity index (χ3v) is 3.48. The molecule has 118 valence electrons. The zero-order valence-electron chi connectivity index (χ0n) is 12.2. The van der Waals surface area contributed by atoms with Crippen LogP contribution in [0.15, 0.2) is 0 Å². The minimum absolute atomic E-state index is 0.0469. The number of Topliss-reactive ketones (excluding diaryl/α,β-unsaturated/α-hetero) is 1. The molecule has 7 nitrogen and oxygen atoms in total. The number of ketones is 1. The number of carbonyl (C=O) groups excluding carboxylic acids is 4. The Kier molecular flexibility index (Phi) is 6.84. The Morgan fingerprint density at radius 3 is 2.67 bits per heavy atom. The fraction of sp³-hybridized carbons (Fsp3) is 0.714. The van der Waals surface area contributed by atoms with Gasteiger partial charge in [0.25, 0.3) is 0 Å². The van der Waals surface area contributed by atoms with Crippen LogP contribution in [0.5, 0.6) is 0 Å². The van der Waals surface area contributed by atoms with Crippen molar-refractivity contribution in [2.75, 3.05) is 6.61 Å². The maximum atomic E-state index is 11.8. The molecule has 7 heteroatoms. The number of hydrogen-bond acceptors (Lipinski definition) is 5. The van der Waals surface area contributed by atoms with Crippen molar-refractivity contribution in [2.24, 2.45) is 11.7 Å². The van der Waals surface area contributed by atoms with Gasteiger partial charge in [0, 0.05) is 19.3 Å². The lowest BCUT2D eigenvalue weighted by Crippen LogP contribution is -2.50. The second kappa shape index (κ2) is 8.39. The van der Waals surface area contributed by atoms with Crippen molar-refractivity contribution >= 4 is 23.6 Å². The number of carbonyl (C=O) groups is 4. The maximum absolute atomic E-state index is 11.8. The summed E-state index contributed by atoms with van der Waals surface area (Å²) in [5.74, 6) is -1.73. The highest BCUT2D eigenvalue weighted by molar-refractivity contribution is 5.89. The van der Waals surface area contributed by atoms with E-state index in [-0.39, 0.29) is 37.6 Å². The second-order valence-electron chi connectivity index (χ2n) is 5.15. The first-order valence-corrected chi connectivity index (χ1v) is 7.20. The number of primary amides is 1. The van der Waals surface area contributed by atoms with Gasteiger partial charge in [0.15, 0.2) is 0 Å². The molecule has 0 bridgehead atoms. The van der Waals surface area contributed by atoms with Gasteiger partial charge < -0.3 is 15.8 Å². The average molecular weight is 298 g/mol. The summed E-state index contributed by atoms with van der Waals surface area (Å²) in [6.45, 7) is 1.94. The molecule has 0 heterocycles. The van der Waals surface area contributed by atoms with Crippen LogP contribution in [0, 0.1) is 5.92 Å². The van der Waals surface area contributed by atoms with Crippen LogP contribution in [-0.2, 0) is 23.9 Å². The van der Waals surface area contributed by atoms with E-state index in [1.165, 1.54) is 0 Å². The summed E-state index contributed by atoms with van der Waals surface area (Å²) in [5.41, 5.74) is 5.31. The van der Waals surface area contributed by atoms with Crippen LogP contribution in [-0.4, -0.2) is 36.2 Å². The van der Waals surface area contributed by atoms with E-state index in [9.17, 15) is 19.2 Å². The van der Waals surface area contributed by atoms with Gasteiger partial charge in [-0.25, -0.2) is 0 Å². The highest BCUT2D eigenvalue weighted by Crippen LogP contribution is 2.24. The summed E-state index contributed by atoms with van der Waals surface area (Å²) in [7, 11) is 0. The first-order chi connectivity index (χ1) is 9.93. The van der Waals surface area contributed by atoms with Crippen LogP contribution < -0.4 is 11.1 Å². The van der Waals surface area contributed by atoms with Crippen LogP contribution >= 0.6 is 0 Å². The van der Waals surface area contributed by atoms with Crippen molar-refractivity contribution in [3.8, 4) is 0 Å². The molecule has 1 fully saturated rings. The fourth-order valence-electron chi connectivity index (χ4n) is 2.46. The summed E-state index contributed by atoms with van der Waals surface area (Å²) >= 11 is 0. The summed E-state index contributed by atoms with van der Waals surface area (Å²) < 4.78 is 4.72. The molecule has 3 N–H and O–H groups in total. The molecule has 1 rings (SSSR count). The highest BCUT2D eigenvalue weighted by atomic mass is 16.5. The van der Waals surface area contributed by atoms with Crippen molar-refractivity contribution in [3.05, 3.63) is 0 Å². The van der Waals surface area contributed by atoms with E-state index in [0.717, 1.165) is 0 Å². The van der Waals surface area contributed by atoms with Gasteiger partial charge in [-0.1, -0.05) is 0 Å². The van der Waals surface area contributed by atoms with Crippen LogP contribution in [0.4, 0.5) is 0 Å². The van der Waals surface area contributed by atoms with Crippen molar-refractivity contribution < 1.29 is 23.9 Å². The quantitative estimate of drug-likeness (QED) is 0.645. The third kappa shape index (κ3) is 5.93. The van der Waals surface area contributed by atoms with Gasteiger partial charge in [0.1, 0.15) is 11.8 Å². The van der Waals surface area contributed by atoms with E-state index in [1.54, 1.807) is 6.92 Å². The molecule has 1 aliphatic rings. The van der Waals surface area contributed by atoms with Crippen molar-refractivity contribution in [3.63, 3.8) is 0 Å². The van der Waals surface area contributed by atoms with Gasteiger partial charge in [0.2, 0.25) is 11.8 Å². The summed E-state index contributed by atoms with van der Waals surface area (Å²) in [6, 6.07) is -0.857. The molecule has 0 unspecified atom stereocenters. The van der Waals surface area contributed by atoms with E-state index < -0.39 is 23.8 Å². The SMILES string of the molecule is CCOC(=O)CCC(=O)N[C@H](C(N)=O)[C@H]1CCCC(=O)C1. The molecule has 0 aromatic heterocycles. The molecule has 1 aliphatic carbocycles. The third-order valence-electron chi connectivity index (χ3n) is 3.48. The number of ether oxygens (including phenoxy) is 1. The van der Waals surface area contributed by atoms with Crippen molar-refractivity contribution in [1.82, 2.24) is 5.32 Å². The Balaban J connectivity index is 2.50. The zero-order chi connectivity index (χ0) is 15.8. The number of hydrogen-bond donors (Lipinski definition) is 2. The summed E-state index contributed by atoms with van der Waals surface area (Å²) in [4.78, 5) is 45.9. The van der Waals surface area contributed by atoms with E-state index in [1.807, 2.05) is 0 Å². The molecular formula is C14H22N2O5. The minimum Gasteiger partial charge on any atom is -0.466 e. The lowest BCUT2D eigenvalue weighted by Gasteiger charge is -2.28. The number of nitrogens with one attached hydrogen (secondary N) is 1. The van der Waals surface area contributed by atoms with Crippen LogP contribution in [0.2, 0.25) is 0 Å². The molecule has 0 aromatic carbocycles. The summed E-state index contributed by atoms with van der Waals surface area (Å²) in [6.07, 6.45) is 2.03. The van der Waals surface area contributed by atoms with E-state index >= 15 is 0 Å². The first-order valence-electron chi connectivity index (χ1n) is 7.20. The van der Waals surface area contributed by atoms with Gasteiger partial charge in [-0.3, -0.25) is 19.2 Å². The van der Waals surface area contributed by atoms with Gasteiger partial charge in [0.05, 0.1) is 13.0 Å². The Morgan fingerprint density at radius 2 is 2.10 bits per heavy atom. The predicted molar refractivity (Wildman–Crippen MR) is 74.0 cm³/mol. The van der Waals surface area contributed by atoms with Crippen LogP contribution in [0.1, 0.15) is 45.4 Å². The Labute approximate surface area is 123 Å². The Morgan fingerprint density at radius 1 is 1.38 bits per heavy atom. The largest absolute Gasteiger partial charge is 0.466 e. The lowest BCUT2D eigenvalue weighted by molar-refractivity contribution is -0.144. The van der Waals surface area contributed by atoms with Gasteiger partial charge >= 0.3 is 5.97 Å². The van der Waals surface area contributed by atoms with Crippen LogP contribution in [0.3, 0.4) is 0 Å². The molecule has 21 heavy (non-hydrogen) atoms. The molecular weight excluding hydrogens is 276 g/mol. The Hall–Kier alpha value is -1.92. The van der Waals surface area contributed by atoms with Gasteiger partial charge in [-0.15, -0.1) is 0 Å². The smallest absolute Gasteiger partial charge is 0.306 e. The standard InChI is InChI=1S/C14H22N2O5/c1-2-21-12(19)7-6-11(18)16-13(14(15)20)9-4-3-5-10(17)8-9/h9,13H,2-8H2,1H3,(H2,15,20)(H,16,18)/t9-,13-/m0/s1. The lowest BCUT2D eigenvalue weighted by atomic mass is 9.83. The number of rotatable bonds is 7. The van der Waals surface area contributed by atoms with Crippen molar-refractivity contribution in [1.29, 1.82) is 0 Å². The predicted octanol–water partition coefficient (Wildman–Crippen LogP) is 0.0591. The maximum Gasteiger partial charge on any atom is 0.306 e. The number of nitrogens with two attached hydrogens (primary N) is 1. The summed E-state index contributed by atoms with van der Waals surface area (Å²) in [5, 5.41) is 2.53. The van der Waals surface area contributed by atoms with E-state index in [4.69, 9.17) is 10.5 Å². The zero-order valence-corrected chi connectivity index (χ0v) is 12.2. The van der Waals surface area contributed by atoms with E-state index in [0.29, 0.717) is 19.3 Å². The topological polar surface area (TPSA) is 116 Å². The highest BCUT2D eigenvalue weighted by Gasteiger charge is 2.32. The van der Waals surface area contributed by atoms with Crippen molar-refractivity contribution in [2.45, 2.75) is 51.5 Å². The van der Waals surface area contributed by atoms with Gasteiger partial charge in [-0.05, 0) is 25.7 Å². The molecule has 0 saturated heterocycles. The second-order valence-corrected chi connectivity index (χ2v) is 5.15. The van der Waals surface area contributed by atoms with E-state index in [2.05, 4.69) is 5.32 Å². The molecule has 0 aromatic rings. The molecule has 0 aliphatic heterocycles. The molecule has 0 radical (unpaired) electrons. The molecule has 2 amide bonds. The Bertz CT molecular complexity index is 422. The monoisotopic (exact) mass is 298 g/mol.